The van der Waals surface area contributed by atoms with Crippen LogP contribution in [-0.2, 0) is 4.79 Å². The number of aryl methyl sites for hydroxylation is 1. The van der Waals surface area contributed by atoms with Crippen molar-refractivity contribution in [3.8, 4) is 11.4 Å². The fourth-order valence-electron chi connectivity index (χ4n) is 2.04. The molecule has 0 aliphatic heterocycles. The third kappa shape index (κ3) is 3.70. The Labute approximate surface area is 132 Å². The highest BCUT2D eigenvalue weighted by Gasteiger charge is 2.06. The van der Waals surface area contributed by atoms with Gasteiger partial charge in [-0.05, 0) is 53.2 Å². The van der Waals surface area contributed by atoms with Crippen LogP contribution in [0.1, 0.15) is 5.56 Å². The molecule has 1 amide bonds. The SMILES string of the molecule is Cc1ccccc1OCC(=O)Nc1ccc(-n2cnnn2)cc1. The van der Waals surface area contributed by atoms with Crippen molar-refractivity contribution in [2.24, 2.45) is 0 Å². The van der Waals surface area contributed by atoms with Crippen molar-refractivity contribution >= 4 is 11.6 Å². The molecule has 0 unspecified atom stereocenters. The molecule has 0 saturated heterocycles. The number of rotatable bonds is 5. The minimum absolute atomic E-state index is 0.0421. The lowest BCUT2D eigenvalue weighted by atomic mass is 10.2. The molecule has 2 aromatic carbocycles. The first-order valence-electron chi connectivity index (χ1n) is 7.04. The third-order valence-electron chi connectivity index (χ3n) is 3.22. The van der Waals surface area contributed by atoms with E-state index in [-0.39, 0.29) is 12.5 Å². The summed E-state index contributed by atoms with van der Waals surface area (Å²) in [6.45, 7) is 1.89. The molecular formula is C16H15N5O2. The molecule has 7 heteroatoms. The Balaban J connectivity index is 1.57. The van der Waals surface area contributed by atoms with Crippen LogP contribution in [0.15, 0.2) is 54.9 Å². The van der Waals surface area contributed by atoms with Gasteiger partial charge in [0.15, 0.2) is 6.61 Å². The van der Waals surface area contributed by atoms with Crippen molar-refractivity contribution in [2.45, 2.75) is 6.92 Å². The first-order chi connectivity index (χ1) is 11.2. The van der Waals surface area contributed by atoms with Crippen LogP contribution >= 0.6 is 0 Å². The third-order valence-corrected chi connectivity index (χ3v) is 3.22. The van der Waals surface area contributed by atoms with Gasteiger partial charge in [-0.1, -0.05) is 18.2 Å². The highest BCUT2D eigenvalue weighted by atomic mass is 16.5. The lowest BCUT2D eigenvalue weighted by Gasteiger charge is -2.09. The van der Waals surface area contributed by atoms with Crippen LogP contribution in [0.25, 0.3) is 5.69 Å². The molecular weight excluding hydrogens is 294 g/mol. The number of tetrazole rings is 1. The lowest BCUT2D eigenvalue weighted by molar-refractivity contribution is -0.118. The van der Waals surface area contributed by atoms with Crippen molar-refractivity contribution in [1.82, 2.24) is 20.2 Å². The minimum atomic E-state index is -0.219. The van der Waals surface area contributed by atoms with Gasteiger partial charge in [-0.15, -0.1) is 5.10 Å². The summed E-state index contributed by atoms with van der Waals surface area (Å²) < 4.78 is 7.05. The first-order valence-corrected chi connectivity index (χ1v) is 7.04. The molecule has 116 valence electrons. The van der Waals surface area contributed by atoms with Crippen LogP contribution < -0.4 is 10.1 Å². The van der Waals surface area contributed by atoms with Crippen molar-refractivity contribution < 1.29 is 9.53 Å². The van der Waals surface area contributed by atoms with E-state index in [0.717, 1.165) is 11.3 Å². The van der Waals surface area contributed by atoms with Gasteiger partial charge in [-0.25, -0.2) is 4.68 Å². The van der Waals surface area contributed by atoms with Gasteiger partial charge < -0.3 is 10.1 Å². The molecule has 1 N–H and O–H groups in total. The van der Waals surface area contributed by atoms with Crippen LogP contribution in [0, 0.1) is 6.92 Å². The summed E-state index contributed by atoms with van der Waals surface area (Å²) in [4.78, 5) is 11.9. The van der Waals surface area contributed by atoms with Crippen molar-refractivity contribution in [3.05, 3.63) is 60.4 Å². The van der Waals surface area contributed by atoms with Crippen molar-refractivity contribution in [3.63, 3.8) is 0 Å². The van der Waals surface area contributed by atoms with E-state index in [1.165, 1.54) is 11.0 Å². The Morgan fingerprint density at radius 1 is 1.17 bits per heavy atom. The number of nitrogens with one attached hydrogen (secondary N) is 1. The van der Waals surface area contributed by atoms with Gasteiger partial charge in [0, 0.05) is 5.69 Å². The fourth-order valence-corrected chi connectivity index (χ4v) is 2.04. The summed E-state index contributed by atoms with van der Waals surface area (Å²) in [6, 6.07) is 14.8. The summed E-state index contributed by atoms with van der Waals surface area (Å²) in [7, 11) is 0. The molecule has 0 saturated carbocycles. The highest BCUT2D eigenvalue weighted by molar-refractivity contribution is 5.91. The molecule has 0 radical (unpaired) electrons. The van der Waals surface area contributed by atoms with Gasteiger partial charge in [0.2, 0.25) is 0 Å². The number of anilines is 1. The maximum absolute atomic E-state index is 11.9. The minimum Gasteiger partial charge on any atom is -0.483 e. The molecule has 1 heterocycles. The van der Waals surface area contributed by atoms with E-state index < -0.39 is 0 Å². The lowest BCUT2D eigenvalue weighted by Crippen LogP contribution is -2.20. The predicted molar refractivity (Wildman–Crippen MR) is 84.5 cm³/mol. The van der Waals surface area contributed by atoms with E-state index in [9.17, 15) is 4.79 Å². The highest BCUT2D eigenvalue weighted by Crippen LogP contribution is 2.16. The molecule has 0 bridgehead atoms. The molecule has 23 heavy (non-hydrogen) atoms. The average molecular weight is 309 g/mol. The molecule has 7 nitrogen and oxygen atoms in total. The van der Waals surface area contributed by atoms with E-state index in [1.54, 1.807) is 12.1 Å². The summed E-state index contributed by atoms with van der Waals surface area (Å²) in [5.74, 6) is 0.486. The van der Waals surface area contributed by atoms with E-state index in [2.05, 4.69) is 20.8 Å². The molecule has 0 aliphatic carbocycles. The van der Waals surface area contributed by atoms with E-state index in [1.807, 2.05) is 43.3 Å². The Kier molecular flexibility index (Phi) is 4.28. The Morgan fingerprint density at radius 2 is 1.96 bits per heavy atom. The number of para-hydroxylation sites is 1. The Hall–Kier alpha value is -3.22. The van der Waals surface area contributed by atoms with E-state index >= 15 is 0 Å². The molecule has 0 atom stereocenters. The Bertz CT molecular complexity index is 784. The largest absolute Gasteiger partial charge is 0.483 e. The monoisotopic (exact) mass is 309 g/mol. The number of carbonyl (C=O) groups excluding carboxylic acids is 1. The molecule has 0 aliphatic rings. The number of hydrogen-bond acceptors (Lipinski definition) is 5. The van der Waals surface area contributed by atoms with Crippen LogP contribution in [-0.4, -0.2) is 32.7 Å². The molecule has 3 aromatic rings. The first kappa shape index (κ1) is 14.7. The van der Waals surface area contributed by atoms with Gasteiger partial charge in [0.25, 0.3) is 5.91 Å². The smallest absolute Gasteiger partial charge is 0.262 e. The predicted octanol–water partition coefficient (Wildman–Crippen LogP) is 1.99. The second-order valence-corrected chi connectivity index (χ2v) is 4.90. The summed E-state index contributed by atoms with van der Waals surface area (Å²) in [5.41, 5.74) is 2.48. The maximum atomic E-state index is 11.9. The van der Waals surface area contributed by atoms with Crippen molar-refractivity contribution in [1.29, 1.82) is 0 Å². The van der Waals surface area contributed by atoms with Crippen LogP contribution in [0.4, 0.5) is 5.69 Å². The molecule has 3 rings (SSSR count). The number of aromatic nitrogens is 4. The van der Waals surface area contributed by atoms with Gasteiger partial charge in [0.1, 0.15) is 12.1 Å². The van der Waals surface area contributed by atoms with Crippen LogP contribution in [0.2, 0.25) is 0 Å². The molecule has 1 aromatic heterocycles. The number of hydrogen-bond donors (Lipinski definition) is 1. The van der Waals surface area contributed by atoms with Crippen molar-refractivity contribution in [2.75, 3.05) is 11.9 Å². The standard InChI is InChI=1S/C16H15N5O2/c1-12-4-2-3-5-15(12)23-10-16(22)18-13-6-8-14(9-7-13)21-11-17-19-20-21/h2-9,11H,10H2,1H3,(H,18,22). The van der Waals surface area contributed by atoms with Crippen LogP contribution in [0.5, 0.6) is 5.75 Å². The second-order valence-electron chi connectivity index (χ2n) is 4.90. The Morgan fingerprint density at radius 3 is 2.65 bits per heavy atom. The zero-order valence-electron chi connectivity index (χ0n) is 12.5. The number of carbonyl (C=O) groups is 1. The second kappa shape index (κ2) is 6.69. The van der Waals surface area contributed by atoms with Gasteiger partial charge >= 0.3 is 0 Å². The quantitative estimate of drug-likeness (QED) is 0.779. The fraction of sp³-hybridized carbons (Fsp3) is 0.125. The average Bonchev–Trinajstić information content (AvgIpc) is 3.09. The van der Waals surface area contributed by atoms with Crippen LogP contribution in [0.3, 0.4) is 0 Å². The zero-order chi connectivity index (χ0) is 16.1. The number of nitrogens with zero attached hydrogens (tertiary/aromatic N) is 4. The van der Waals surface area contributed by atoms with Gasteiger partial charge in [-0.2, -0.15) is 0 Å². The van der Waals surface area contributed by atoms with E-state index in [0.29, 0.717) is 11.4 Å². The topological polar surface area (TPSA) is 81.9 Å². The summed E-state index contributed by atoms with van der Waals surface area (Å²) >= 11 is 0. The molecule has 0 fully saturated rings. The van der Waals surface area contributed by atoms with Gasteiger partial charge in [0.05, 0.1) is 5.69 Å². The van der Waals surface area contributed by atoms with E-state index in [4.69, 9.17) is 4.74 Å². The summed E-state index contributed by atoms with van der Waals surface area (Å²) in [5, 5.41) is 13.7. The zero-order valence-corrected chi connectivity index (χ0v) is 12.5. The van der Waals surface area contributed by atoms with Gasteiger partial charge in [-0.3, -0.25) is 4.79 Å². The number of ether oxygens (including phenoxy) is 1. The normalized spacial score (nSPS) is 10.3. The molecule has 0 spiro atoms. The summed E-state index contributed by atoms with van der Waals surface area (Å²) in [6.07, 6.45) is 1.50. The maximum Gasteiger partial charge on any atom is 0.262 e. The number of benzene rings is 2. The number of amides is 1.